The molecule has 1 saturated heterocycles. The second-order valence-electron chi connectivity index (χ2n) is 5.23. The molecule has 2 rings (SSSR count). The zero-order valence-electron chi connectivity index (χ0n) is 11.4. The summed E-state index contributed by atoms with van der Waals surface area (Å²) in [6, 6.07) is 0. The molecule has 1 aromatic heterocycles. The van der Waals surface area contributed by atoms with Crippen LogP contribution in [0.5, 0.6) is 0 Å². The lowest BCUT2D eigenvalue weighted by atomic mass is 9.92. The molecular formula is C13H22BrN3O. The van der Waals surface area contributed by atoms with Gasteiger partial charge < -0.3 is 5.11 Å². The lowest BCUT2D eigenvalue weighted by molar-refractivity contribution is 0.0213. The van der Waals surface area contributed by atoms with Crippen LogP contribution in [0.25, 0.3) is 0 Å². The monoisotopic (exact) mass is 315 g/mol. The van der Waals surface area contributed by atoms with Crippen molar-refractivity contribution >= 4 is 15.9 Å². The fraction of sp³-hybridized carbons (Fsp3) is 0.769. The molecule has 5 heteroatoms. The summed E-state index contributed by atoms with van der Waals surface area (Å²) in [6.45, 7) is 7.02. The number of aliphatic hydroxyl groups excluding tert-OH is 1. The standard InChI is InChI=1S/C13H22BrN3O/c1-4-10-7-17(6-5-12(10)18)8-11-13(14)9(2)15-16(11)3/h10,12,18H,4-8H2,1-3H3. The maximum absolute atomic E-state index is 9.91. The molecule has 0 spiro atoms. The van der Waals surface area contributed by atoms with Crippen LogP contribution in [0.2, 0.25) is 0 Å². The molecule has 2 unspecified atom stereocenters. The van der Waals surface area contributed by atoms with Gasteiger partial charge in [-0.2, -0.15) is 5.10 Å². The summed E-state index contributed by atoms with van der Waals surface area (Å²) >= 11 is 3.61. The Kier molecular flexibility index (Phi) is 4.45. The van der Waals surface area contributed by atoms with E-state index in [-0.39, 0.29) is 6.10 Å². The number of hydrogen-bond acceptors (Lipinski definition) is 3. The third kappa shape index (κ3) is 2.78. The van der Waals surface area contributed by atoms with Crippen molar-refractivity contribution in [1.29, 1.82) is 0 Å². The second kappa shape index (κ2) is 5.72. The number of aromatic nitrogens is 2. The van der Waals surface area contributed by atoms with Crippen molar-refractivity contribution in [3.63, 3.8) is 0 Å². The van der Waals surface area contributed by atoms with Gasteiger partial charge in [-0.15, -0.1) is 0 Å². The van der Waals surface area contributed by atoms with E-state index in [0.29, 0.717) is 5.92 Å². The van der Waals surface area contributed by atoms with Gasteiger partial charge in [0, 0.05) is 26.7 Å². The zero-order valence-corrected chi connectivity index (χ0v) is 12.9. The number of piperidine rings is 1. The van der Waals surface area contributed by atoms with Gasteiger partial charge in [0.05, 0.1) is 22.0 Å². The van der Waals surface area contributed by atoms with Gasteiger partial charge in [0.15, 0.2) is 0 Å². The van der Waals surface area contributed by atoms with Crippen LogP contribution in [0, 0.1) is 12.8 Å². The molecule has 2 atom stereocenters. The highest BCUT2D eigenvalue weighted by Crippen LogP contribution is 2.25. The number of likely N-dealkylation sites (tertiary alicyclic amines) is 1. The van der Waals surface area contributed by atoms with Crippen molar-refractivity contribution in [3.8, 4) is 0 Å². The average molecular weight is 316 g/mol. The molecule has 1 fully saturated rings. The Bertz CT molecular complexity index is 419. The molecule has 0 saturated carbocycles. The molecule has 18 heavy (non-hydrogen) atoms. The van der Waals surface area contributed by atoms with Crippen molar-refractivity contribution in [1.82, 2.24) is 14.7 Å². The van der Waals surface area contributed by atoms with Gasteiger partial charge in [0.1, 0.15) is 0 Å². The smallest absolute Gasteiger partial charge is 0.0739 e. The Labute approximate surface area is 117 Å². The molecule has 2 heterocycles. The van der Waals surface area contributed by atoms with Gasteiger partial charge in [-0.05, 0) is 41.6 Å². The van der Waals surface area contributed by atoms with E-state index in [1.165, 1.54) is 5.69 Å². The van der Waals surface area contributed by atoms with E-state index in [0.717, 1.165) is 42.6 Å². The van der Waals surface area contributed by atoms with E-state index >= 15 is 0 Å². The van der Waals surface area contributed by atoms with E-state index < -0.39 is 0 Å². The largest absolute Gasteiger partial charge is 0.393 e. The lowest BCUT2D eigenvalue weighted by Crippen LogP contribution is -2.42. The molecule has 1 aliphatic heterocycles. The van der Waals surface area contributed by atoms with Gasteiger partial charge in [0.25, 0.3) is 0 Å². The number of halogens is 1. The predicted molar refractivity (Wildman–Crippen MR) is 75.3 cm³/mol. The molecule has 1 N–H and O–H groups in total. The number of hydrogen-bond donors (Lipinski definition) is 1. The van der Waals surface area contributed by atoms with E-state index in [1.54, 1.807) is 0 Å². The predicted octanol–water partition coefficient (Wildman–Crippen LogP) is 2.08. The van der Waals surface area contributed by atoms with E-state index in [9.17, 15) is 5.11 Å². The lowest BCUT2D eigenvalue weighted by Gasteiger charge is -2.35. The van der Waals surface area contributed by atoms with Crippen LogP contribution in [0.4, 0.5) is 0 Å². The summed E-state index contributed by atoms with van der Waals surface area (Å²) in [6.07, 6.45) is 1.80. The Morgan fingerprint density at radius 1 is 1.50 bits per heavy atom. The Morgan fingerprint density at radius 2 is 2.22 bits per heavy atom. The van der Waals surface area contributed by atoms with Crippen molar-refractivity contribution in [3.05, 3.63) is 15.9 Å². The minimum Gasteiger partial charge on any atom is -0.393 e. The molecule has 102 valence electrons. The molecular weight excluding hydrogens is 294 g/mol. The summed E-state index contributed by atoms with van der Waals surface area (Å²) in [5.74, 6) is 0.409. The fourth-order valence-corrected chi connectivity index (χ4v) is 3.16. The third-order valence-corrected chi connectivity index (χ3v) is 4.97. The van der Waals surface area contributed by atoms with Crippen LogP contribution in [0.1, 0.15) is 31.2 Å². The molecule has 4 nitrogen and oxygen atoms in total. The molecule has 0 amide bonds. The van der Waals surface area contributed by atoms with Crippen LogP contribution in [0.15, 0.2) is 4.47 Å². The first-order chi connectivity index (χ1) is 8.52. The summed E-state index contributed by atoms with van der Waals surface area (Å²) in [5.41, 5.74) is 2.26. The summed E-state index contributed by atoms with van der Waals surface area (Å²) in [4.78, 5) is 2.42. The molecule has 1 aliphatic rings. The number of aliphatic hydroxyl groups is 1. The van der Waals surface area contributed by atoms with Crippen LogP contribution in [0.3, 0.4) is 0 Å². The van der Waals surface area contributed by atoms with Gasteiger partial charge in [-0.25, -0.2) is 0 Å². The number of rotatable bonds is 3. The highest BCUT2D eigenvalue weighted by Gasteiger charge is 2.27. The fourth-order valence-electron chi connectivity index (χ4n) is 2.70. The normalized spacial score (nSPS) is 25.6. The van der Waals surface area contributed by atoms with Crippen LogP contribution < -0.4 is 0 Å². The first kappa shape index (κ1) is 14.0. The first-order valence-corrected chi connectivity index (χ1v) is 7.40. The summed E-state index contributed by atoms with van der Waals surface area (Å²) in [5, 5.41) is 14.3. The second-order valence-corrected chi connectivity index (χ2v) is 6.02. The van der Waals surface area contributed by atoms with E-state index in [4.69, 9.17) is 0 Å². The Hall–Kier alpha value is -0.390. The quantitative estimate of drug-likeness (QED) is 0.928. The highest BCUT2D eigenvalue weighted by atomic mass is 79.9. The molecule has 0 bridgehead atoms. The third-order valence-electron chi connectivity index (χ3n) is 3.94. The van der Waals surface area contributed by atoms with Crippen molar-refractivity contribution in [2.45, 2.75) is 39.3 Å². The maximum Gasteiger partial charge on any atom is 0.0739 e. The van der Waals surface area contributed by atoms with Crippen LogP contribution >= 0.6 is 15.9 Å². The SMILES string of the molecule is CCC1CN(Cc2c(Br)c(C)nn2C)CCC1O. The minimum absolute atomic E-state index is 0.122. The topological polar surface area (TPSA) is 41.3 Å². The molecule has 0 aliphatic carbocycles. The highest BCUT2D eigenvalue weighted by molar-refractivity contribution is 9.10. The van der Waals surface area contributed by atoms with Gasteiger partial charge in [-0.3, -0.25) is 9.58 Å². The van der Waals surface area contributed by atoms with Crippen molar-refractivity contribution in [2.24, 2.45) is 13.0 Å². The zero-order chi connectivity index (χ0) is 13.3. The molecule has 0 radical (unpaired) electrons. The van der Waals surface area contributed by atoms with Crippen LogP contribution in [-0.4, -0.2) is 39.0 Å². The molecule has 1 aromatic rings. The van der Waals surface area contributed by atoms with Gasteiger partial charge in [-0.1, -0.05) is 6.92 Å². The first-order valence-electron chi connectivity index (χ1n) is 6.61. The van der Waals surface area contributed by atoms with E-state index in [1.807, 2.05) is 18.7 Å². The summed E-state index contributed by atoms with van der Waals surface area (Å²) in [7, 11) is 1.99. The van der Waals surface area contributed by atoms with Gasteiger partial charge >= 0.3 is 0 Å². The average Bonchev–Trinajstić information content (AvgIpc) is 2.58. The number of nitrogens with zero attached hydrogens (tertiary/aromatic N) is 3. The maximum atomic E-state index is 9.91. The van der Waals surface area contributed by atoms with Crippen LogP contribution in [-0.2, 0) is 13.6 Å². The van der Waals surface area contributed by atoms with Crippen molar-refractivity contribution in [2.75, 3.05) is 13.1 Å². The van der Waals surface area contributed by atoms with Crippen molar-refractivity contribution < 1.29 is 5.11 Å². The minimum atomic E-state index is -0.122. The van der Waals surface area contributed by atoms with E-state index in [2.05, 4.69) is 32.9 Å². The Balaban J connectivity index is 2.05. The summed E-state index contributed by atoms with van der Waals surface area (Å²) < 4.78 is 3.06. The Morgan fingerprint density at radius 3 is 2.78 bits per heavy atom. The van der Waals surface area contributed by atoms with Gasteiger partial charge in [0.2, 0.25) is 0 Å². The number of aryl methyl sites for hydroxylation is 2. The molecule has 0 aromatic carbocycles.